The largest absolute Gasteiger partial charge is 0.469 e. The summed E-state index contributed by atoms with van der Waals surface area (Å²) in [6, 6.07) is 0. The number of alkyl halides is 1. The number of rotatable bonds is 5. The Bertz CT molecular complexity index is 161. The van der Waals surface area contributed by atoms with E-state index in [9.17, 15) is 9.59 Å². The van der Waals surface area contributed by atoms with Crippen LogP contribution in [-0.4, -0.2) is 31.4 Å². The lowest BCUT2D eigenvalue weighted by Crippen LogP contribution is -2.25. The van der Waals surface area contributed by atoms with Crippen molar-refractivity contribution >= 4 is 23.5 Å². The molecule has 5 heteroatoms. The van der Waals surface area contributed by atoms with Gasteiger partial charge in [0.15, 0.2) is 0 Å². The van der Waals surface area contributed by atoms with E-state index in [1.54, 1.807) is 0 Å². The van der Waals surface area contributed by atoms with Crippen LogP contribution in [0.25, 0.3) is 0 Å². The molecule has 0 spiro atoms. The van der Waals surface area contributed by atoms with Crippen molar-refractivity contribution in [3.05, 3.63) is 0 Å². The normalized spacial score (nSPS) is 9.17. The minimum Gasteiger partial charge on any atom is -0.469 e. The Balaban J connectivity index is 3.37. The van der Waals surface area contributed by atoms with Crippen LogP contribution in [0.2, 0.25) is 0 Å². The Kier molecular flexibility index (Phi) is 6.47. The van der Waals surface area contributed by atoms with Gasteiger partial charge in [0.25, 0.3) is 0 Å². The number of carbonyl (C=O) groups is 2. The van der Waals surface area contributed by atoms with Crippen LogP contribution in [0.1, 0.15) is 12.8 Å². The Morgan fingerprint density at radius 1 is 1.42 bits per heavy atom. The maximum Gasteiger partial charge on any atom is 0.306 e. The first kappa shape index (κ1) is 11.2. The highest BCUT2D eigenvalue weighted by Gasteiger charge is 2.04. The Morgan fingerprint density at radius 3 is 2.58 bits per heavy atom. The lowest BCUT2D eigenvalue weighted by molar-refractivity contribution is -0.142. The number of hydrogen-bond acceptors (Lipinski definition) is 3. The second-order valence-electron chi connectivity index (χ2n) is 2.12. The van der Waals surface area contributed by atoms with E-state index in [1.807, 2.05) is 0 Å². The summed E-state index contributed by atoms with van der Waals surface area (Å²) in [4.78, 5) is 21.4. The van der Waals surface area contributed by atoms with E-state index in [4.69, 9.17) is 11.6 Å². The van der Waals surface area contributed by atoms with Gasteiger partial charge in [-0.15, -0.1) is 11.6 Å². The SMILES string of the molecule is COC(=O)CCC(=O)NCCCl. The van der Waals surface area contributed by atoms with Gasteiger partial charge in [-0.05, 0) is 0 Å². The molecule has 0 fully saturated rings. The van der Waals surface area contributed by atoms with E-state index in [0.29, 0.717) is 12.4 Å². The maximum absolute atomic E-state index is 10.8. The third kappa shape index (κ3) is 5.97. The summed E-state index contributed by atoms with van der Waals surface area (Å²) < 4.78 is 4.36. The molecule has 0 aromatic carbocycles. The first-order chi connectivity index (χ1) is 5.70. The molecule has 1 N–H and O–H groups in total. The molecule has 12 heavy (non-hydrogen) atoms. The van der Waals surface area contributed by atoms with Crippen LogP contribution in [0.5, 0.6) is 0 Å². The third-order valence-corrected chi connectivity index (χ3v) is 1.39. The van der Waals surface area contributed by atoms with E-state index < -0.39 is 0 Å². The fourth-order valence-corrected chi connectivity index (χ4v) is 0.687. The zero-order valence-electron chi connectivity index (χ0n) is 6.93. The molecular weight excluding hydrogens is 182 g/mol. The number of hydrogen-bond donors (Lipinski definition) is 1. The second kappa shape index (κ2) is 6.91. The minimum atomic E-state index is -0.379. The molecule has 0 heterocycles. The fraction of sp³-hybridized carbons (Fsp3) is 0.714. The molecule has 0 radical (unpaired) electrons. The average Bonchev–Trinajstić information content (AvgIpc) is 2.10. The zero-order chi connectivity index (χ0) is 9.40. The van der Waals surface area contributed by atoms with Crippen LogP contribution in [-0.2, 0) is 14.3 Å². The third-order valence-electron chi connectivity index (χ3n) is 1.20. The van der Waals surface area contributed by atoms with E-state index in [-0.39, 0.29) is 24.7 Å². The van der Waals surface area contributed by atoms with E-state index in [0.717, 1.165) is 0 Å². The number of ether oxygens (including phenoxy) is 1. The van der Waals surface area contributed by atoms with E-state index in [1.165, 1.54) is 7.11 Å². The fourth-order valence-electron chi connectivity index (χ4n) is 0.593. The van der Waals surface area contributed by atoms with Crippen LogP contribution >= 0.6 is 11.6 Å². The quantitative estimate of drug-likeness (QED) is 0.505. The zero-order valence-corrected chi connectivity index (χ0v) is 7.69. The van der Waals surface area contributed by atoms with Gasteiger partial charge in [-0.2, -0.15) is 0 Å². The molecule has 0 bridgehead atoms. The van der Waals surface area contributed by atoms with Crippen LogP contribution in [0.4, 0.5) is 0 Å². The second-order valence-corrected chi connectivity index (χ2v) is 2.49. The van der Waals surface area contributed by atoms with Crippen molar-refractivity contribution in [3.8, 4) is 0 Å². The molecule has 1 amide bonds. The molecule has 0 aliphatic heterocycles. The molecule has 0 aromatic heterocycles. The Labute approximate surface area is 76.2 Å². The molecule has 70 valence electrons. The molecule has 0 atom stereocenters. The smallest absolute Gasteiger partial charge is 0.306 e. The van der Waals surface area contributed by atoms with Crippen LogP contribution in [0.3, 0.4) is 0 Å². The van der Waals surface area contributed by atoms with Crippen molar-refractivity contribution in [1.29, 1.82) is 0 Å². The number of esters is 1. The maximum atomic E-state index is 10.8. The summed E-state index contributed by atoms with van der Waals surface area (Å²) in [6.07, 6.45) is 0.272. The average molecular weight is 194 g/mol. The molecule has 4 nitrogen and oxygen atoms in total. The van der Waals surface area contributed by atoms with Crippen molar-refractivity contribution in [3.63, 3.8) is 0 Å². The summed E-state index contributed by atoms with van der Waals surface area (Å²) in [5, 5.41) is 2.53. The molecule has 0 aliphatic carbocycles. The monoisotopic (exact) mass is 193 g/mol. The van der Waals surface area contributed by atoms with Crippen molar-refractivity contribution in [2.45, 2.75) is 12.8 Å². The Hall–Kier alpha value is -0.770. The highest BCUT2D eigenvalue weighted by atomic mass is 35.5. The number of amides is 1. The van der Waals surface area contributed by atoms with E-state index >= 15 is 0 Å². The van der Waals surface area contributed by atoms with Gasteiger partial charge >= 0.3 is 5.97 Å². The van der Waals surface area contributed by atoms with Crippen LogP contribution in [0.15, 0.2) is 0 Å². The summed E-state index contributed by atoms with van der Waals surface area (Å²) in [5.41, 5.74) is 0. The van der Waals surface area contributed by atoms with Gasteiger partial charge in [-0.25, -0.2) is 0 Å². The molecule has 0 rings (SSSR count). The lowest BCUT2D eigenvalue weighted by atomic mass is 10.3. The first-order valence-electron chi connectivity index (χ1n) is 3.60. The summed E-state index contributed by atoms with van der Waals surface area (Å²) in [5.74, 6) is -0.179. The molecule has 0 saturated heterocycles. The van der Waals surface area contributed by atoms with Crippen molar-refractivity contribution in [1.82, 2.24) is 5.32 Å². The Morgan fingerprint density at radius 2 is 2.08 bits per heavy atom. The first-order valence-corrected chi connectivity index (χ1v) is 4.13. The number of nitrogens with one attached hydrogen (secondary N) is 1. The molecular formula is C7H12ClNO3. The van der Waals surface area contributed by atoms with Gasteiger partial charge in [-0.3, -0.25) is 9.59 Å². The van der Waals surface area contributed by atoms with Gasteiger partial charge < -0.3 is 10.1 Å². The highest BCUT2D eigenvalue weighted by molar-refractivity contribution is 6.18. The van der Waals surface area contributed by atoms with Gasteiger partial charge in [-0.1, -0.05) is 0 Å². The summed E-state index contributed by atoms with van der Waals surface area (Å²) >= 11 is 5.33. The van der Waals surface area contributed by atoms with Gasteiger partial charge in [0.05, 0.1) is 13.5 Å². The number of halogens is 1. The number of carbonyl (C=O) groups excluding carboxylic acids is 2. The highest BCUT2D eigenvalue weighted by Crippen LogP contribution is 1.91. The minimum absolute atomic E-state index is 0.116. The topological polar surface area (TPSA) is 55.4 Å². The van der Waals surface area contributed by atoms with Crippen molar-refractivity contribution < 1.29 is 14.3 Å². The number of methoxy groups -OCH3 is 1. The van der Waals surface area contributed by atoms with Gasteiger partial charge in [0.1, 0.15) is 0 Å². The van der Waals surface area contributed by atoms with Crippen LogP contribution < -0.4 is 5.32 Å². The predicted molar refractivity (Wildman–Crippen MR) is 45.0 cm³/mol. The van der Waals surface area contributed by atoms with Gasteiger partial charge in [0.2, 0.25) is 5.91 Å². The molecule has 0 aromatic rings. The molecule has 0 saturated carbocycles. The molecule has 0 unspecified atom stereocenters. The summed E-state index contributed by atoms with van der Waals surface area (Å²) in [6.45, 7) is 0.432. The van der Waals surface area contributed by atoms with Crippen LogP contribution in [0, 0.1) is 0 Å². The standard InChI is InChI=1S/C7H12ClNO3/c1-12-7(11)3-2-6(10)9-5-4-8/h2-5H2,1H3,(H,9,10). The van der Waals surface area contributed by atoms with E-state index in [2.05, 4.69) is 10.1 Å². The van der Waals surface area contributed by atoms with Crippen molar-refractivity contribution in [2.75, 3.05) is 19.5 Å². The summed E-state index contributed by atoms with van der Waals surface area (Å²) in [7, 11) is 1.29. The van der Waals surface area contributed by atoms with Gasteiger partial charge in [0, 0.05) is 18.8 Å². The molecule has 0 aliphatic rings. The lowest BCUT2D eigenvalue weighted by Gasteiger charge is -2.01. The van der Waals surface area contributed by atoms with Crippen molar-refractivity contribution in [2.24, 2.45) is 0 Å². The predicted octanol–water partition coefficient (Wildman–Crippen LogP) is 0.295.